The van der Waals surface area contributed by atoms with Crippen LogP contribution in [-0.2, 0) is 26.2 Å². The molecule has 0 radical (unpaired) electrons. The standard InChI is InChI=1S/C26H27Cl2N3O5S/c1-18(26(33)29-2)30(16-19-5-4-6-21(28)15-19)25(32)17-31(22-9-7-20(27)8-10-22)37(34,35)24-13-11-23(36-3)12-14-24/h4-15,18H,16-17H2,1-3H3,(H,29,33)/t18-/m1/s1. The molecule has 0 spiro atoms. The zero-order valence-electron chi connectivity index (χ0n) is 20.5. The van der Waals surface area contributed by atoms with Crippen LogP contribution in [0.25, 0.3) is 0 Å². The summed E-state index contributed by atoms with van der Waals surface area (Å²) in [5.41, 5.74) is 0.927. The van der Waals surface area contributed by atoms with E-state index in [0.29, 0.717) is 21.4 Å². The molecule has 0 aliphatic carbocycles. The monoisotopic (exact) mass is 563 g/mol. The molecular formula is C26H27Cl2N3O5S. The summed E-state index contributed by atoms with van der Waals surface area (Å²) in [6.07, 6.45) is 0. The quantitative estimate of drug-likeness (QED) is 0.395. The minimum atomic E-state index is -4.19. The van der Waals surface area contributed by atoms with Crippen molar-refractivity contribution in [2.75, 3.05) is 25.0 Å². The fraction of sp³-hybridized carbons (Fsp3) is 0.231. The lowest BCUT2D eigenvalue weighted by Crippen LogP contribution is -2.50. The molecule has 0 aromatic heterocycles. The molecule has 1 N–H and O–H groups in total. The number of ether oxygens (including phenoxy) is 1. The van der Waals surface area contributed by atoms with Gasteiger partial charge in [-0.05, 0) is 73.2 Å². The van der Waals surface area contributed by atoms with Crippen LogP contribution in [0.2, 0.25) is 10.0 Å². The molecule has 2 amide bonds. The fourth-order valence-electron chi connectivity index (χ4n) is 3.63. The molecule has 0 unspecified atom stereocenters. The number of nitrogens with zero attached hydrogens (tertiary/aromatic N) is 2. The van der Waals surface area contributed by atoms with Crippen molar-refractivity contribution in [1.82, 2.24) is 10.2 Å². The maximum Gasteiger partial charge on any atom is 0.264 e. The minimum absolute atomic E-state index is 0.0307. The van der Waals surface area contributed by atoms with E-state index in [1.807, 2.05) is 0 Å². The van der Waals surface area contributed by atoms with Gasteiger partial charge >= 0.3 is 0 Å². The first-order chi connectivity index (χ1) is 17.6. The highest BCUT2D eigenvalue weighted by Crippen LogP contribution is 2.27. The number of amides is 2. The van der Waals surface area contributed by atoms with Crippen LogP contribution in [-0.4, -0.2) is 51.9 Å². The summed E-state index contributed by atoms with van der Waals surface area (Å²) in [5, 5.41) is 3.42. The number of likely N-dealkylation sites (N-methyl/N-ethyl adjacent to an activating group) is 1. The SMILES string of the molecule is CNC(=O)[C@@H](C)N(Cc1cccc(Cl)c1)C(=O)CN(c1ccc(Cl)cc1)S(=O)(=O)c1ccc(OC)cc1. The first-order valence-electron chi connectivity index (χ1n) is 11.2. The molecule has 0 saturated carbocycles. The van der Waals surface area contributed by atoms with Gasteiger partial charge in [-0.3, -0.25) is 13.9 Å². The molecular weight excluding hydrogens is 537 g/mol. The smallest absolute Gasteiger partial charge is 0.264 e. The molecule has 0 bridgehead atoms. The molecule has 8 nitrogen and oxygen atoms in total. The predicted octanol–water partition coefficient (Wildman–Crippen LogP) is 4.36. The van der Waals surface area contributed by atoms with E-state index in [1.165, 1.54) is 67.6 Å². The van der Waals surface area contributed by atoms with E-state index in [2.05, 4.69) is 5.32 Å². The van der Waals surface area contributed by atoms with Crippen LogP contribution in [0.1, 0.15) is 12.5 Å². The molecule has 3 aromatic rings. The van der Waals surface area contributed by atoms with Gasteiger partial charge < -0.3 is 15.0 Å². The number of carbonyl (C=O) groups excluding carboxylic acids is 2. The van der Waals surface area contributed by atoms with Gasteiger partial charge in [0.25, 0.3) is 10.0 Å². The van der Waals surface area contributed by atoms with Crippen LogP contribution in [0.5, 0.6) is 5.75 Å². The number of benzene rings is 3. The molecule has 11 heteroatoms. The number of halogens is 2. The zero-order valence-corrected chi connectivity index (χ0v) is 22.8. The third kappa shape index (κ3) is 6.94. The zero-order chi connectivity index (χ0) is 27.2. The Labute approximate surface area is 226 Å². The van der Waals surface area contributed by atoms with Crippen molar-refractivity contribution in [1.29, 1.82) is 0 Å². The van der Waals surface area contributed by atoms with Crippen molar-refractivity contribution in [3.05, 3.63) is 88.4 Å². The van der Waals surface area contributed by atoms with Gasteiger partial charge in [-0.25, -0.2) is 8.42 Å². The van der Waals surface area contributed by atoms with E-state index in [9.17, 15) is 18.0 Å². The number of carbonyl (C=O) groups is 2. The summed E-state index contributed by atoms with van der Waals surface area (Å²) < 4.78 is 33.6. The van der Waals surface area contributed by atoms with Gasteiger partial charge in [-0.2, -0.15) is 0 Å². The van der Waals surface area contributed by atoms with Gasteiger partial charge in [0.05, 0.1) is 17.7 Å². The predicted molar refractivity (Wildman–Crippen MR) is 145 cm³/mol. The van der Waals surface area contributed by atoms with Gasteiger partial charge in [0, 0.05) is 23.6 Å². The molecule has 0 heterocycles. The Bertz CT molecular complexity index is 1350. The van der Waals surface area contributed by atoms with E-state index in [1.54, 1.807) is 31.2 Å². The number of anilines is 1. The van der Waals surface area contributed by atoms with Gasteiger partial charge in [-0.15, -0.1) is 0 Å². The van der Waals surface area contributed by atoms with E-state index < -0.39 is 34.4 Å². The lowest BCUT2D eigenvalue weighted by Gasteiger charge is -2.31. The number of nitrogens with one attached hydrogen (secondary N) is 1. The van der Waals surface area contributed by atoms with Crippen molar-refractivity contribution in [2.45, 2.75) is 24.4 Å². The molecule has 0 fully saturated rings. The highest BCUT2D eigenvalue weighted by Gasteiger charge is 2.32. The van der Waals surface area contributed by atoms with Crippen molar-refractivity contribution in [3.8, 4) is 5.75 Å². The lowest BCUT2D eigenvalue weighted by molar-refractivity contribution is -0.139. The van der Waals surface area contributed by atoms with Crippen LogP contribution < -0.4 is 14.4 Å². The summed E-state index contributed by atoms with van der Waals surface area (Å²) in [6.45, 7) is 1.06. The van der Waals surface area contributed by atoms with Gasteiger partial charge in [-0.1, -0.05) is 35.3 Å². The summed E-state index contributed by atoms with van der Waals surface area (Å²) >= 11 is 12.1. The third-order valence-corrected chi connectivity index (χ3v) is 7.97. The van der Waals surface area contributed by atoms with Crippen LogP contribution in [0.4, 0.5) is 5.69 Å². The third-order valence-electron chi connectivity index (χ3n) is 5.70. The molecule has 0 aliphatic heterocycles. The van der Waals surface area contributed by atoms with Crippen molar-refractivity contribution in [3.63, 3.8) is 0 Å². The number of sulfonamides is 1. The molecule has 0 saturated heterocycles. The molecule has 1 atom stereocenters. The van der Waals surface area contributed by atoms with E-state index in [4.69, 9.17) is 27.9 Å². The molecule has 3 aromatic carbocycles. The Balaban J connectivity index is 2.02. The number of methoxy groups -OCH3 is 1. The molecule has 3 rings (SSSR count). The van der Waals surface area contributed by atoms with Crippen LogP contribution in [0.15, 0.2) is 77.7 Å². The van der Waals surface area contributed by atoms with E-state index >= 15 is 0 Å². The number of hydrogen-bond donors (Lipinski definition) is 1. The second-order valence-corrected chi connectivity index (χ2v) is 10.8. The Morgan fingerprint density at radius 3 is 2.19 bits per heavy atom. The summed E-state index contributed by atoms with van der Waals surface area (Å²) in [6, 6.07) is 18.0. The Morgan fingerprint density at radius 1 is 0.973 bits per heavy atom. The maximum atomic E-state index is 13.7. The number of hydrogen-bond acceptors (Lipinski definition) is 5. The van der Waals surface area contributed by atoms with Crippen molar-refractivity contribution in [2.24, 2.45) is 0 Å². The second kappa shape index (κ2) is 12.3. The van der Waals surface area contributed by atoms with Crippen molar-refractivity contribution >= 4 is 50.7 Å². The highest BCUT2D eigenvalue weighted by molar-refractivity contribution is 7.92. The minimum Gasteiger partial charge on any atom is -0.497 e. The van der Waals surface area contributed by atoms with Crippen LogP contribution >= 0.6 is 23.2 Å². The van der Waals surface area contributed by atoms with Gasteiger partial charge in [0.1, 0.15) is 18.3 Å². The van der Waals surface area contributed by atoms with E-state index in [0.717, 1.165) is 4.31 Å². The number of rotatable bonds is 10. The largest absolute Gasteiger partial charge is 0.497 e. The summed E-state index contributed by atoms with van der Waals surface area (Å²) in [5.74, 6) is -0.491. The summed E-state index contributed by atoms with van der Waals surface area (Å²) in [4.78, 5) is 27.5. The maximum absolute atomic E-state index is 13.7. The van der Waals surface area contributed by atoms with Crippen molar-refractivity contribution < 1.29 is 22.7 Å². The highest BCUT2D eigenvalue weighted by atomic mass is 35.5. The van der Waals surface area contributed by atoms with E-state index in [-0.39, 0.29) is 17.1 Å². The van der Waals surface area contributed by atoms with Crippen LogP contribution in [0, 0.1) is 0 Å². The van der Waals surface area contributed by atoms with Gasteiger partial charge in [0.2, 0.25) is 11.8 Å². The Morgan fingerprint density at radius 2 is 1.62 bits per heavy atom. The normalized spacial score (nSPS) is 11.9. The summed E-state index contributed by atoms with van der Waals surface area (Å²) in [7, 11) is -1.24. The average molecular weight is 564 g/mol. The second-order valence-electron chi connectivity index (χ2n) is 8.11. The first kappa shape index (κ1) is 28.3. The lowest BCUT2D eigenvalue weighted by atomic mass is 10.1. The van der Waals surface area contributed by atoms with Gasteiger partial charge in [0.15, 0.2) is 0 Å². The molecule has 37 heavy (non-hydrogen) atoms. The Kier molecular flexibility index (Phi) is 9.42. The molecule has 196 valence electrons. The molecule has 0 aliphatic rings. The Hall–Kier alpha value is -3.27. The first-order valence-corrected chi connectivity index (χ1v) is 13.4. The fourth-order valence-corrected chi connectivity index (χ4v) is 5.39. The average Bonchev–Trinajstić information content (AvgIpc) is 2.90. The topological polar surface area (TPSA) is 96.0 Å². The van der Waals surface area contributed by atoms with Crippen LogP contribution in [0.3, 0.4) is 0 Å².